The third-order valence-corrected chi connectivity index (χ3v) is 3.24. The molecule has 1 amide bonds. The summed E-state index contributed by atoms with van der Waals surface area (Å²) in [5, 5.41) is 7.36. The Kier molecular flexibility index (Phi) is 3.82. The van der Waals surface area contributed by atoms with Crippen LogP contribution >= 0.6 is 0 Å². The van der Waals surface area contributed by atoms with Crippen molar-refractivity contribution in [3.05, 3.63) is 17.5 Å². The molecule has 0 saturated carbocycles. The van der Waals surface area contributed by atoms with Gasteiger partial charge in [0.1, 0.15) is 6.54 Å². The van der Waals surface area contributed by atoms with Crippen molar-refractivity contribution in [2.75, 3.05) is 6.54 Å². The molecular formula is C13H21N3O. The van der Waals surface area contributed by atoms with Crippen LogP contribution in [0.5, 0.6) is 0 Å². The Morgan fingerprint density at radius 1 is 1.65 bits per heavy atom. The highest BCUT2D eigenvalue weighted by atomic mass is 16.2. The van der Waals surface area contributed by atoms with E-state index in [0.717, 1.165) is 31.7 Å². The zero-order chi connectivity index (χ0) is 12.3. The average molecular weight is 235 g/mol. The summed E-state index contributed by atoms with van der Waals surface area (Å²) in [6.45, 7) is 5.42. The fourth-order valence-electron chi connectivity index (χ4n) is 2.29. The summed E-state index contributed by atoms with van der Waals surface area (Å²) < 4.78 is 1.79. The molecule has 0 radical (unpaired) electrons. The lowest BCUT2D eigenvalue weighted by Crippen LogP contribution is -2.28. The monoisotopic (exact) mass is 235 g/mol. The summed E-state index contributed by atoms with van der Waals surface area (Å²) >= 11 is 0. The van der Waals surface area contributed by atoms with Gasteiger partial charge >= 0.3 is 0 Å². The number of nitrogens with one attached hydrogen (secondary N) is 1. The predicted octanol–water partition coefficient (Wildman–Crippen LogP) is 1.53. The molecule has 4 heteroatoms. The van der Waals surface area contributed by atoms with E-state index in [0.29, 0.717) is 6.54 Å². The van der Waals surface area contributed by atoms with E-state index in [9.17, 15) is 4.79 Å². The molecule has 17 heavy (non-hydrogen) atoms. The first-order chi connectivity index (χ1) is 8.19. The third kappa shape index (κ3) is 3.08. The van der Waals surface area contributed by atoms with Crippen molar-refractivity contribution in [3.8, 4) is 0 Å². The second-order valence-corrected chi connectivity index (χ2v) is 5.00. The molecule has 1 atom stereocenters. The predicted molar refractivity (Wildman–Crippen MR) is 66.7 cm³/mol. The van der Waals surface area contributed by atoms with E-state index < -0.39 is 0 Å². The molecule has 0 saturated heterocycles. The van der Waals surface area contributed by atoms with Gasteiger partial charge in [-0.3, -0.25) is 9.48 Å². The van der Waals surface area contributed by atoms with Gasteiger partial charge in [-0.15, -0.1) is 0 Å². The standard InChI is InChI=1S/C13H21N3O/c1-3-6-14-13(17)9-16-8-11-7-10(2)4-5-12(11)15-16/h8,10H,3-7,9H2,1-2H3,(H,14,17). The van der Waals surface area contributed by atoms with E-state index in [-0.39, 0.29) is 5.91 Å². The Hall–Kier alpha value is -1.32. The van der Waals surface area contributed by atoms with Gasteiger partial charge in [-0.1, -0.05) is 13.8 Å². The molecule has 0 aromatic carbocycles. The molecule has 1 aliphatic rings. The molecular weight excluding hydrogens is 214 g/mol. The van der Waals surface area contributed by atoms with Gasteiger partial charge in [0.2, 0.25) is 5.91 Å². The number of amides is 1. The van der Waals surface area contributed by atoms with E-state index >= 15 is 0 Å². The molecule has 0 bridgehead atoms. The van der Waals surface area contributed by atoms with Crippen LogP contribution in [0.15, 0.2) is 6.20 Å². The number of hydrogen-bond donors (Lipinski definition) is 1. The minimum absolute atomic E-state index is 0.0553. The van der Waals surface area contributed by atoms with E-state index in [2.05, 4.69) is 17.3 Å². The molecule has 1 unspecified atom stereocenters. The van der Waals surface area contributed by atoms with Crippen molar-refractivity contribution in [3.63, 3.8) is 0 Å². The van der Waals surface area contributed by atoms with Crippen molar-refractivity contribution in [1.29, 1.82) is 0 Å². The number of aryl methyl sites for hydroxylation is 1. The van der Waals surface area contributed by atoms with Crippen molar-refractivity contribution < 1.29 is 4.79 Å². The van der Waals surface area contributed by atoms with Crippen LogP contribution in [0.2, 0.25) is 0 Å². The van der Waals surface area contributed by atoms with Gasteiger partial charge in [0, 0.05) is 12.7 Å². The summed E-state index contributed by atoms with van der Waals surface area (Å²) in [5.74, 6) is 0.800. The molecule has 0 aliphatic heterocycles. The molecule has 1 aliphatic carbocycles. The minimum atomic E-state index is 0.0553. The van der Waals surface area contributed by atoms with Gasteiger partial charge < -0.3 is 5.32 Å². The van der Waals surface area contributed by atoms with Crippen molar-refractivity contribution in [2.24, 2.45) is 5.92 Å². The van der Waals surface area contributed by atoms with Crippen LogP contribution in [0.1, 0.15) is 37.9 Å². The maximum atomic E-state index is 11.6. The van der Waals surface area contributed by atoms with E-state index in [1.54, 1.807) is 4.68 Å². The second-order valence-electron chi connectivity index (χ2n) is 5.00. The highest BCUT2D eigenvalue weighted by Gasteiger charge is 2.18. The Morgan fingerprint density at radius 2 is 2.47 bits per heavy atom. The first kappa shape index (κ1) is 12.1. The van der Waals surface area contributed by atoms with Crippen molar-refractivity contribution >= 4 is 5.91 Å². The van der Waals surface area contributed by atoms with Crippen LogP contribution in [0.3, 0.4) is 0 Å². The lowest BCUT2D eigenvalue weighted by Gasteiger charge is -2.15. The maximum Gasteiger partial charge on any atom is 0.241 e. The van der Waals surface area contributed by atoms with Crippen LogP contribution in [-0.2, 0) is 24.2 Å². The molecule has 1 N–H and O–H groups in total. The Bertz CT molecular complexity index is 397. The number of carbonyl (C=O) groups is 1. The van der Waals surface area contributed by atoms with Crippen LogP contribution in [-0.4, -0.2) is 22.2 Å². The fraction of sp³-hybridized carbons (Fsp3) is 0.692. The number of aromatic nitrogens is 2. The zero-order valence-electron chi connectivity index (χ0n) is 10.7. The van der Waals surface area contributed by atoms with Crippen LogP contribution in [0, 0.1) is 5.92 Å². The molecule has 1 aromatic rings. The number of fused-ring (bicyclic) bond motifs is 1. The highest BCUT2D eigenvalue weighted by molar-refractivity contribution is 5.75. The lowest BCUT2D eigenvalue weighted by atomic mass is 9.89. The summed E-state index contributed by atoms with van der Waals surface area (Å²) in [4.78, 5) is 11.6. The second kappa shape index (κ2) is 5.34. The molecule has 0 fully saturated rings. The SMILES string of the molecule is CCCNC(=O)Cn1cc2c(n1)CCC(C)C2. The smallest absolute Gasteiger partial charge is 0.241 e. The fourth-order valence-corrected chi connectivity index (χ4v) is 2.29. The Labute approximate surface area is 102 Å². The molecule has 2 rings (SSSR count). The third-order valence-electron chi connectivity index (χ3n) is 3.24. The van der Waals surface area contributed by atoms with Gasteiger partial charge in [0.05, 0.1) is 5.69 Å². The molecule has 0 spiro atoms. The molecule has 94 valence electrons. The average Bonchev–Trinajstić information content (AvgIpc) is 2.67. The lowest BCUT2D eigenvalue weighted by molar-refractivity contribution is -0.121. The largest absolute Gasteiger partial charge is 0.355 e. The molecule has 1 aromatic heterocycles. The van der Waals surface area contributed by atoms with Gasteiger partial charge in [-0.2, -0.15) is 5.10 Å². The number of hydrogen-bond acceptors (Lipinski definition) is 2. The maximum absolute atomic E-state index is 11.6. The van der Waals surface area contributed by atoms with Gasteiger partial charge in [-0.05, 0) is 37.2 Å². The first-order valence-electron chi connectivity index (χ1n) is 6.51. The molecule has 1 heterocycles. The summed E-state index contributed by atoms with van der Waals surface area (Å²) in [6, 6.07) is 0. The van der Waals surface area contributed by atoms with Gasteiger partial charge in [-0.25, -0.2) is 0 Å². The summed E-state index contributed by atoms with van der Waals surface area (Å²) in [7, 11) is 0. The summed E-state index contributed by atoms with van der Waals surface area (Å²) in [5.41, 5.74) is 2.51. The Morgan fingerprint density at radius 3 is 3.24 bits per heavy atom. The van der Waals surface area contributed by atoms with Gasteiger partial charge in [0.25, 0.3) is 0 Å². The Balaban J connectivity index is 1.96. The number of rotatable bonds is 4. The topological polar surface area (TPSA) is 46.9 Å². The quantitative estimate of drug-likeness (QED) is 0.860. The van der Waals surface area contributed by atoms with E-state index in [1.807, 2.05) is 13.1 Å². The highest BCUT2D eigenvalue weighted by Crippen LogP contribution is 2.23. The van der Waals surface area contributed by atoms with E-state index in [1.165, 1.54) is 17.7 Å². The zero-order valence-corrected chi connectivity index (χ0v) is 10.7. The van der Waals surface area contributed by atoms with Crippen LogP contribution < -0.4 is 5.32 Å². The van der Waals surface area contributed by atoms with E-state index in [4.69, 9.17) is 0 Å². The number of nitrogens with zero attached hydrogens (tertiary/aromatic N) is 2. The van der Waals surface area contributed by atoms with Gasteiger partial charge in [0.15, 0.2) is 0 Å². The van der Waals surface area contributed by atoms with Crippen molar-refractivity contribution in [2.45, 2.75) is 46.1 Å². The van der Waals surface area contributed by atoms with Crippen LogP contribution in [0.25, 0.3) is 0 Å². The van der Waals surface area contributed by atoms with Crippen LogP contribution in [0.4, 0.5) is 0 Å². The first-order valence-corrected chi connectivity index (χ1v) is 6.51. The summed E-state index contributed by atoms with van der Waals surface area (Å²) in [6.07, 6.45) is 6.38. The normalized spacial score (nSPS) is 18.8. The minimum Gasteiger partial charge on any atom is -0.355 e. The molecule has 4 nitrogen and oxygen atoms in total. The van der Waals surface area contributed by atoms with Crippen molar-refractivity contribution in [1.82, 2.24) is 15.1 Å². The number of carbonyl (C=O) groups excluding carboxylic acids is 1.